The number of amides is 1. The van der Waals surface area contributed by atoms with E-state index in [0.717, 1.165) is 6.07 Å². The van der Waals surface area contributed by atoms with E-state index in [0.29, 0.717) is 19.4 Å². The second-order valence-electron chi connectivity index (χ2n) is 9.60. The Labute approximate surface area is 208 Å². The fourth-order valence-electron chi connectivity index (χ4n) is 5.22. The van der Waals surface area contributed by atoms with Gasteiger partial charge in [-0.2, -0.15) is 13.2 Å². The molecule has 1 aromatic carbocycles. The summed E-state index contributed by atoms with van der Waals surface area (Å²) in [5, 5.41) is 9.96. The molecule has 2 fully saturated rings. The summed E-state index contributed by atoms with van der Waals surface area (Å²) in [6.07, 6.45) is -1.78. The zero-order valence-corrected chi connectivity index (χ0v) is 19.7. The number of piperidine rings is 1. The van der Waals surface area contributed by atoms with Crippen molar-refractivity contribution in [3.8, 4) is 0 Å². The van der Waals surface area contributed by atoms with Crippen LogP contribution in [0.5, 0.6) is 0 Å². The van der Waals surface area contributed by atoms with Gasteiger partial charge in [-0.1, -0.05) is 0 Å². The van der Waals surface area contributed by atoms with E-state index in [1.54, 1.807) is 4.90 Å². The number of carbonyl (C=O) groups is 1. The van der Waals surface area contributed by atoms with Crippen LogP contribution in [0.4, 0.5) is 29.1 Å². The fraction of sp³-hybridized carbons (Fsp3) is 0.478. The van der Waals surface area contributed by atoms with Crippen molar-refractivity contribution in [3.63, 3.8) is 0 Å². The van der Waals surface area contributed by atoms with Crippen molar-refractivity contribution < 1.29 is 27.5 Å². The summed E-state index contributed by atoms with van der Waals surface area (Å²) in [5.74, 6) is -1.71. The lowest BCUT2D eigenvalue weighted by Gasteiger charge is -2.36. The Morgan fingerprint density at radius 1 is 1.22 bits per heavy atom. The van der Waals surface area contributed by atoms with Crippen LogP contribution in [0, 0.1) is 5.82 Å². The first-order chi connectivity index (χ1) is 17.5. The Kier molecular flexibility index (Phi) is 6.18. The number of nitrogen functional groups attached to an aromatic ring is 1. The first-order valence-corrected chi connectivity index (χ1v) is 11.8. The van der Waals surface area contributed by atoms with Gasteiger partial charge in [-0.25, -0.2) is 19.3 Å². The Morgan fingerprint density at radius 3 is 2.73 bits per heavy atom. The van der Waals surface area contributed by atoms with Gasteiger partial charge in [-0.15, -0.1) is 0 Å². The molecule has 1 amide bonds. The number of β-amino-alcohol motifs (C(OH)–C–C–N with tert-alkyl or cyclic N) is 1. The number of hydrogen-bond donors (Lipinski definition) is 3. The maximum absolute atomic E-state index is 14.7. The van der Waals surface area contributed by atoms with Crippen LogP contribution in [0.15, 0.2) is 24.8 Å². The normalized spacial score (nSPS) is 22.7. The molecule has 2 aromatic heterocycles. The largest absolute Gasteiger partial charge is 0.419 e. The van der Waals surface area contributed by atoms with Crippen molar-refractivity contribution in [2.45, 2.75) is 43.6 Å². The standard InChI is InChI=1S/C23H26F4N8O2/c24-15-3-4-16(34-7-5-22(29,10-34)21(37)33-6-1-2-13(36)8-33)14(17(15)23(25,26)27)9-35-12-32-18-19(28)30-11-31-20(18)35/h3-4,11-13,36H,1-2,5-10,29H2,(H2,28,30,31)/t13-,22-/m1/s1. The summed E-state index contributed by atoms with van der Waals surface area (Å²) in [7, 11) is 0. The van der Waals surface area contributed by atoms with Crippen LogP contribution < -0.4 is 16.4 Å². The molecule has 2 aliphatic heterocycles. The highest BCUT2D eigenvalue weighted by atomic mass is 19.4. The number of benzene rings is 1. The number of aromatic nitrogens is 4. The molecule has 2 atom stereocenters. The second kappa shape index (κ2) is 9.10. The number of imidazole rings is 1. The highest BCUT2D eigenvalue weighted by molar-refractivity contribution is 5.88. The lowest BCUT2D eigenvalue weighted by Crippen LogP contribution is -2.59. The average molecular weight is 523 g/mol. The van der Waals surface area contributed by atoms with Crippen molar-refractivity contribution >= 4 is 28.6 Å². The molecule has 0 spiro atoms. The van der Waals surface area contributed by atoms with Gasteiger partial charge in [-0.05, 0) is 31.4 Å². The van der Waals surface area contributed by atoms with Gasteiger partial charge < -0.3 is 30.9 Å². The fourth-order valence-corrected chi connectivity index (χ4v) is 5.22. The first-order valence-electron chi connectivity index (χ1n) is 11.8. The number of aliphatic hydroxyl groups excluding tert-OH is 1. The number of hydrogen-bond acceptors (Lipinski definition) is 8. The summed E-state index contributed by atoms with van der Waals surface area (Å²) in [6.45, 7) is 0.335. The Hall–Kier alpha value is -3.52. The summed E-state index contributed by atoms with van der Waals surface area (Å²) < 4.78 is 58.3. The van der Waals surface area contributed by atoms with E-state index in [2.05, 4.69) is 15.0 Å². The van der Waals surface area contributed by atoms with Crippen LogP contribution in [0.1, 0.15) is 30.4 Å². The van der Waals surface area contributed by atoms with Gasteiger partial charge in [-0.3, -0.25) is 4.79 Å². The third-order valence-electron chi connectivity index (χ3n) is 7.03. The minimum absolute atomic E-state index is 0.0614. The third-order valence-corrected chi connectivity index (χ3v) is 7.03. The van der Waals surface area contributed by atoms with Crippen LogP contribution in [0.25, 0.3) is 11.2 Å². The SMILES string of the molecule is Nc1ncnc2c1ncn2Cc1c(N2CC[C@](N)(C(=O)N3CCC[C@@H](O)C3)C2)ccc(F)c1C(F)(F)F. The zero-order valence-electron chi connectivity index (χ0n) is 19.7. The minimum Gasteiger partial charge on any atom is -0.391 e. The number of rotatable bonds is 4. The molecule has 5 N–H and O–H groups in total. The summed E-state index contributed by atoms with van der Waals surface area (Å²) >= 11 is 0. The number of halogens is 4. The lowest BCUT2D eigenvalue weighted by atomic mass is 9.96. The van der Waals surface area contributed by atoms with Gasteiger partial charge in [0, 0.05) is 37.4 Å². The molecule has 0 radical (unpaired) electrons. The highest BCUT2D eigenvalue weighted by Gasteiger charge is 2.46. The number of anilines is 2. The van der Waals surface area contributed by atoms with Gasteiger partial charge >= 0.3 is 6.18 Å². The quantitative estimate of drug-likeness (QED) is 0.438. The van der Waals surface area contributed by atoms with Crippen molar-refractivity contribution in [3.05, 3.63) is 41.7 Å². The van der Waals surface area contributed by atoms with Crippen LogP contribution in [-0.4, -0.2) is 73.3 Å². The van der Waals surface area contributed by atoms with E-state index in [1.165, 1.54) is 28.2 Å². The summed E-state index contributed by atoms with van der Waals surface area (Å²) in [6, 6.07) is 2.04. The van der Waals surface area contributed by atoms with Crippen LogP contribution in [0.2, 0.25) is 0 Å². The summed E-state index contributed by atoms with van der Waals surface area (Å²) in [4.78, 5) is 28.3. The number of aliphatic hydroxyl groups is 1. The van der Waals surface area contributed by atoms with Crippen LogP contribution in [-0.2, 0) is 17.5 Å². The topological polar surface area (TPSA) is 139 Å². The lowest BCUT2D eigenvalue weighted by molar-refractivity contribution is -0.141. The van der Waals surface area contributed by atoms with Crippen molar-refractivity contribution in [1.82, 2.24) is 24.4 Å². The third kappa shape index (κ3) is 4.55. The minimum atomic E-state index is -4.99. The van der Waals surface area contributed by atoms with E-state index in [-0.39, 0.29) is 60.2 Å². The maximum Gasteiger partial charge on any atom is 0.419 e. The number of nitrogens with two attached hydrogens (primary N) is 2. The van der Waals surface area contributed by atoms with Crippen LogP contribution in [0.3, 0.4) is 0 Å². The van der Waals surface area contributed by atoms with Gasteiger partial charge in [0.25, 0.3) is 0 Å². The van der Waals surface area contributed by atoms with Gasteiger partial charge in [0.1, 0.15) is 23.2 Å². The van der Waals surface area contributed by atoms with E-state index in [4.69, 9.17) is 11.5 Å². The molecule has 0 bridgehead atoms. The number of fused-ring (bicyclic) bond motifs is 1. The maximum atomic E-state index is 14.7. The second-order valence-corrected chi connectivity index (χ2v) is 9.60. The molecule has 14 heteroatoms. The number of likely N-dealkylation sites (tertiary alicyclic amines) is 1. The van der Waals surface area contributed by atoms with E-state index in [9.17, 15) is 27.5 Å². The molecule has 0 saturated carbocycles. The smallest absolute Gasteiger partial charge is 0.391 e. The van der Waals surface area contributed by atoms with Gasteiger partial charge in [0.2, 0.25) is 5.91 Å². The predicted octanol–water partition coefficient (Wildman–Crippen LogP) is 1.51. The molecule has 4 heterocycles. The van der Waals surface area contributed by atoms with Crippen molar-refractivity contribution in [1.29, 1.82) is 0 Å². The number of nitrogens with zero attached hydrogens (tertiary/aromatic N) is 6. The summed E-state index contributed by atoms with van der Waals surface area (Å²) in [5.41, 5.74) is 9.70. The molecule has 5 rings (SSSR count). The average Bonchev–Trinajstić information content (AvgIpc) is 3.43. The molecule has 2 aliphatic rings. The highest BCUT2D eigenvalue weighted by Crippen LogP contribution is 2.40. The number of carbonyl (C=O) groups excluding carboxylic acids is 1. The first kappa shape index (κ1) is 25.1. The Morgan fingerprint density at radius 2 is 2.00 bits per heavy atom. The van der Waals surface area contributed by atoms with Gasteiger partial charge in [0.15, 0.2) is 11.5 Å². The van der Waals surface area contributed by atoms with E-state index < -0.39 is 35.7 Å². The molecule has 0 unspecified atom stereocenters. The predicted molar refractivity (Wildman–Crippen MR) is 126 cm³/mol. The van der Waals surface area contributed by atoms with Crippen molar-refractivity contribution in [2.24, 2.45) is 5.73 Å². The van der Waals surface area contributed by atoms with E-state index in [1.807, 2.05) is 0 Å². The zero-order chi connectivity index (χ0) is 26.5. The van der Waals surface area contributed by atoms with Gasteiger partial charge in [0.05, 0.1) is 24.5 Å². The molecule has 3 aromatic rings. The molecule has 10 nitrogen and oxygen atoms in total. The molecular weight excluding hydrogens is 496 g/mol. The molecule has 0 aliphatic carbocycles. The Balaban J connectivity index is 1.52. The molecule has 198 valence electrons. The monoisotopic (exact) mass is 522 g/mol. The van der Waals surface area contributed by atoms with Crippen LogP contribution >= 0.6 is 0 Å². The molecule has 37 heavy (non-hydrogen) atoms. The molecule has 2 saturated heterocycles. The van der Waals surface area contributed by atoms with E-state index >= 15 is 0 Å². The van der Waals surface area contributed by atoms with Crippen molar-refractivity contribution in [2.75, 3.05) is 36.8 Å². The molecular formula is C23H26F4N8O2. The Bertz CT molecular complexity index is 1350. The number of alkyl halides is 3.